The summed E-state index contributed by atoms with van der Waals surface area (Å²) in [4.78, 5) is 22.5. The lowest BCUT2D eigenvalue weighted by molar-refractivity contribution is -0.157. The molecule has 5 heteroatoms. The third-order valence-electron chi connectivity index (χ3n) is 1.71. The molecule has 0 radical (unpaired) electrons. The standard InChI is InChI=1S/C11H22N2O3/c1-7(2)6-8(13-10(12)15)9(14)16-11(3,4)5/h7-8H,6H2,1-5H3,(H3,12,13,15)/t8-/m0/s1. The number of nitrogens with two attached hydrogens (primary N) is 1. The number of carbonyl (C=O) groups is 2. The second-order valence-electron chi connectivity index (χ2n) is 5.22. The average Bonchev–Trinajstić information content (AvgIpc) is 1.97. The quantitative estimate of drug-likeness (QED) is 0.716. The maximum atomic E-state index is 11.7. The van der Waals surface area contributed by atoms with Crippen LogP contribution in [0.15, 0.2) is 0 Å². The number of rotatable bonds is 4. The van der Waals surface area contributed by atoms with Crippen LogP contribution in [0.3, 0.4) is 0 Å². The normalized spacial score (nSPS) is 13.4. The Morgan fingerprint density at radius 2 is 1.81 bits per heavy atom. The van der Waals surface area contributed by atoms with Gasteiger partial charge in [0, 0.05) is 0 Å². The number of primary amides is 1. The van der Waals surface area contributed by atoms with Crippen LogP contribution >= 0.6 is 0 Å². The van der Waals surface area contributed by atoms with Gasteiger partial charge in [-0.3, -0.25) is 0 Å². The van der Waals surface area contributed by atoms with Crippen LogP contribution in [0, 0.1) is 5.92 Å². The van der Waals surface area contributed by atoms with E-state index in [1.165, 1.54) is 0 Å². The first-order valence-corrected chi connectivity index (χ1v) is 5.40. The summed E-state index contributed by atoms with van der Waals surface area (Å²) in [5.41, 5.74) is 4.45. The maximum Gasteiger partial charge on any atom is 0.329 e. The minimum Gasteiger partial charge on any atom is -0.458 e. The lowest BCUT2D eigenvalue weighted by Gasteiger charge is -2.24. The van der Waals surface area contributed by atoms with Crippen molar-refractivity contribution in [3.63, 3.8) is 0 Å². The molecule has 2 amide bonds. The molecule has 0 spiro atoms. The van der Waals surface area contributed by atoms with E-state index in [4.69, 9.17) is 10.5 Å². The van der Waals surface area contributed by atoms with Crippen molar-refractivity contribution in [1.29, 1.82) is 0 Å². The van der Waals surface area contributed by atoms with Gasteiger partial charge in [-0.25, -0.2) is 9.59 Å². The molecule has 0 heterocycles. The van der Waals surface area contributed by atoms with Gasteiger partial charge in [-0.05, 0) is 33.1 Å². The summed E-state index contributed by atoms with van der Waals surface area (Å²) >= 11 is 0. The minimum atomic E-state index is -0.712. The van der Waals surface area contributed by atoms with E-state index >= 15 is 0 Å². The minimum absolute atomic E-state index is 0.268. The molecule has 5 nitrogen and oxygen atoms in total. The maximum absolute atomic E-state index is 11.7. The van der Waals surface area contributed by atoms with E-state index in [1.54, 1.807) is 20.8 Å². The Kier molecular flexibility index (Phi) is 5.27. The SMILES string of the molecule is CC(C)C[C@H](NC(N)=O)C(=O)OC(C)(C)C. The molecule has 0 aliphatic heterocycles. The number of esters is 1. The lowest BCUT2D eigenvalue weighted by atomic mass is 10.0. The van der Waals surface area contributed by atoms with Crippen LogP contribution in [-0.2, 0) is 9.53 Å². The summed E-state index contributed by atoms with van der Waals surface area (Å²) in [5, 5.41) is 2.40. The van der Waals surface area contributed by atoms with E-state index in [-0.39, 0.29) is 5.92 Å². The first kappa shape index (κ1) is 14.7. The number of urea groups is 1. The lowest BCUT2D eigenvalue weighted by Crippen LogP contribution is -2.46. The molecule has 0 bridgehead atoms. The average molecular weight is 230 g/mol. The van der Waals surface area contributed by atoms with Gasteiger partial charge in [-0.2, -0.15) is 0 Å². The highest BCUT2D eigenvalue weighted by Gasteiger charge is 2.26. The summed E-state index contributed by atoms with van der Waals surface area (Å²) in [6, 6.07) is -1.38. The van der Waals surface area contributed by atoms with Gasteiger partial charge in [0.25, 0.3) is 0 Å². The van der Waals surface area contributed by atoms with Gasteiger partial charge in [-0.15, -0.1) is 0 Å². The summed E-state index contributed by atoms with van der Waals surface area (Å²) in [6.07, 6.45) is 0.512. The highest BCUT2D eigenvalue weighted by Crippen LogP contribution is 2.12. The van der Waals surface area contributed by atoms with Crippen molar-refractivity contribution >= 4 is 12.0 Å². The Morgan fingerprint density at radius 1 is 1.31 bits per heavy atom. The Hall–Kier alpha value is -1.26. The van der Waals surface area contributed by atoms with E-state index in [1.807, 2.05) is 13.8 Å². The molecule has 0 aromatic heterocycles. The zero-order chi connectivity index (χ0) is 12.9. The van der Waals surface area contributed by atoms with E-state index in [0.717, 1.165) is 0 Å². The Bertz CT molecular complexity index is 256. The first-order valence-electron chi connectivity index (χ1n) is 5.40. The first-order chi connectivity index (χ1) is 7.11. The second-order valence-corrected chi connectivity index (χ2v) is 5.22. The number of nitrogens with one attached hydrogen (secondary N) is 1. The van der Waals surface area contributed by atoms with Crippen molar-refractivity contribution in [2.75, 3.05) is 0 Å². The third-order valence-corrected chi connectivity index (χ3v) is 1.71. The van der Waals surface area contributed by atoms with Crippen molar-refractivity contribution in [1.82, 2.24) is 5.32 Å². The van der Waals surface area contributed by atoms with Crippen LogP contribution in [0.1, 0.15) is 41.0 Å². The fourth-order valence-electron chi connectivity index (χ4n) is 1.23. The molecular weight excluding hydrogens is 208 g/mol. The monoisotopic (exact) mass is 230 g/mol. The van der Waals surface area contributed by atoms with Crippen molar-refractivity contribution in [3.05, 3.63) is 0 Å². The molecule has 16 heavy (non-hydrogen) atoms. The smallest absolute Gasteiger partial charge is 0.329 e. The summed E-state index contributed by atoms with van der Waals surface area (Å²) in [7, 11) is 0. The molecule has 0 rings (SSSR count). The van der Waals surface area contributed by atoms with Crippen molar-refractivity contribution in [3.8, 4) is 0 Å². The molecule has 1 atom stereocenters. The number of ether oxygens (including phenoxy) is 1. The van der Waals surface area contributed by atoms with Crippen molar-refractivity contribution in [2.24, 2.45) is 11.7 Å². The van der Waals surface area contributed by atoms with Crippen LogP contribution in [0.25, 0.3) is 0 Å². The Morgan fingerprint density at radius 3 is 2.12 bits per heavy atom. The van der Waals surface area contributed by atoms with Gasteiger partial charge < -0.3 is 15.8 Å². The molecule has 94 valence electrons. The molecule has 0 aromatic carbocycles. The number of hydrogen-bond acceptors (Lipinski definition) is 3. The summed E-state index contributed by atoms with van der Waals surface area (Å²) in [5.74, 6) is -0.177. The molecule has 0 unspecified atom stereocenters. The Labute approximate surface area is 96.7 Å². The van der Waals surface area contributed by atoms with Crippen LogP contribution in [0.4, 0.5) is 4.79 Å². The molecule has 0 aromatic rings. The zero-order valence-electron chi connectivity index (χ0n) is 10.7. The number of amides is 2. The predicted molar refractivity (Wildman–Crippen MR) is 61.8 cm³/mol. The van der Waals surface area contributed by atoms with E-state index in [2.05, 4.69) is 5.32 Å². The largest absolute Gasteiger partial charge is 0.458 e. The van der Waals surface area contributed by atoms with Gasteiger partial charge in [0.1, 0.15) is 11.6 Å². The predicted octanol–water partition coefficient (Wildman–Crippen LogP) is 1.41. The topological polar surface area (TPSA) is 81.4 Å². The Balaban J connectivity index is 4.49. The second kappa shape index (κ2) is 5.72. The molecular formula is C11H22N2O3. The van der Waals surface area contributed by atoms with Crippen LogP contribution < -0.4 is 11.1 Å². The van der Waals surface area contributed by atoms with Gasteiger partial charge in [-0.1, -0.05) is 13.8 Å². The zero-order valence-corrected chi connectivity index (χ0v) is 10.7. The van der Waals surface area contributed by atoms with Crippen molar-refractivity contribution < 1.29 is 14.3 Å². The van der Waals surface area contributed by atoms with Gasteiger partial charge in [0.15, 0.2) is 0 Å². The number of hydrogen-bond donors (Lipinski definition) is 2. The highest BCUT2D eigenvalue weighted by atomic mass is 16.6. The fraction of sp³-hybridized carbons (Fsp3) is 0.818. The van der Waals surface area contributed by atoms with E-state index < -0.39 is 23.6 Å². The van der Waals surface area contributed by atoms with E-state index in [9.17, 15) is 9.59 Å². The molecule has 0 fully saturated rings. The summed E-state index contributed by atoms with van der Waals surface area (Å²) < 4.78 is 5.19. The summed E-state index contributed by atoms with van der Waals surface area (Å²) in [6.45, 7) is 9.25. The highest BCUT2D eigenvalue weighted by molar-refractivity contribution is 5.82. The molecule has 0 saturated carbocycles. The van der Waals surface area contributed by atoms with Crippen molar-refractivity contribution in [2.45, 2.75) is 52.7 Å². The van der Waals surface area contributed by atoms with Crippen LogP contribution in [0.5, 0.6) is 0 Å². The van der Waals surface area contributed by atoms with Gasteiger partial charge in [0.05, 0.1) is 0 Å². The van der Waals surface area contributed by atoms with Crippen LogP contribution in [-0.4, -0.2) is 23.6 Å². The molecule has 0 aliphatic rings. The molecule has 0 saturated heterocycles. The number of carbonyl (C=O) groups excluding carboxylic acids is 2. The molecule has 3 N–H and O–H groups in total. The molecule has 0 aliphatic carbocycles. The third kappa shape index (κ3) is 7.09. The van der Waals surface area contributed by atoms with Crippen LogP contribution in [0.2, 0.25) is 0 Å². The fourth-order valence-corrected chi connectivity index (χ4v) is 1.23. The van der Waals surface area contributed by atoms with Gasteiger partial charge in [0.2, 0.25) is 0 Å². The van der Waals surface area contributed by atoms with Gasteiger partial charge >= 0.3 is 12.0 Å². The van der Waals surface area contributed by atoms with E-state index in [0.29, 0.717) is 6.42 Å².